The van der Waals surface area contributed by atoms with E-state index in [2.05, 4.69) is 0 Å². The number of fused-ring (bicyclic) bond motifs is 1. The van der Waals surface area contributed by atoms with Gasteiger partial charge in [0.25, 0.3) is 5.56 Å². The number of pyridine rings is 1. The highest BCUT2D eigenvalue weighted by Gasteiger charge is 2.37. The van der Waals surface area contributed by atoms with Crippen molar-refractivity contribution in [2.45, 2.75) is 38.3 Å². The Kier molecular flexibility index (Phi) is 5.07. The molecule has 8 heteroatoms. The number of allylic oxidation sites excluding steroid dienone is 1. The quantitative estimate of drug-likeness (QED) is 0.830. The monoisotopic (exact) mass is 415 g/mol. The summed E-state index contributed by atoms with van der Waals surface area (Å²) in [6.45, 7) is 2.82. The van der Waals surface area contributed by atoms with Gasteiger partial charge in [0.15, 0.2) is 0 Å². The molecule has 3 heterocycles. The average molecular weight is 416 g/mol. The number of rotatable bonds is 3. The summed E-state index contributed by atoms with van der Waals surface area (Å²) < 4.78 is 27.6. The molecule has 2 atom stereocenters. The van der Waals surface area contributed by atoms with Gasteiger partial charge in [-0.2, -0.15) is 5.26 Å². The van der Waals surface area contributed by atoms with E-state index in [1.807, 2.05) is 6.07 Å². The van der Waals surface area contributed by atoms with Crippen molar-refractivity contribution < 1.29 is 13.9 Å². The van der Waals surface area contributed by atoms with Crippen molar-refractivity contribution in [3.63, 3.8) is 0 Å². The van der Waals surface area contributed by atoms with Gasteiger partial charge in [-0.3, -0.25) is 4.79 Å². The van der Waals surface area contributed by atoms with Gasteiger partial charge in [0, 0.05) is 29.0 Å². The molecule has 2 aliphatic heterocycles. The molecule has 0 amide bonds. The molecule has 1 saturated heterocycles. The van der Waals surface area contributed by atoms with Crippen LogP contribution in [0.2, 0.25) is 5.02 Å². The summed E-state index contributed by atoms with van der Waals surface area (Å²) in [5, 5.41) is 9.79. The maximum atomic E-state index is 14.8. The van der Waals surface area contributed by atoms with Crippen LogP contribution in [0, 0.1) is 24.1 Å². The molecule has 1 fully saturated rings. The van der Waals surface area contributed by atoms with E-state index in [1.54, 1.807) is 17.6 Å². The van der Waals surface area contributed by atoms with E-state index in [9.17, 15) is 14.4 Å². The normalized spacial score (nSPS) is 20.9. The second-order valence-electron chi connectivity index (χ2n) is 7.17. The first kappa shape index (κ1) is 19.5. The minimum Gasteiger partial charge on any atom is -0.440 e. The van der Waals surface area contributed by atoms with E-state index in [0.29, 0.717) is 18.8 Å². The number of benzene rings is 1. The highest BCUT2D eigenvalue weighted by atomic mass is 35.5. The molecule has 0 saturated carbocycles. The third kappa shape index (κ3) is 3.28. The first-order chi connectivity index (χ1) is 13.9. The molecule has 0 radical (unpaired) electrons. The molecule has 29 heavy (non-hydrogen) atoms. The smallest absolute Gasteiger partial charge is 0.258 e. The Morgan fingerprint density at radius 2 is 2.21 bits per heavy atom. The zero-order valence-electron chi connectivity index (χ0n) is 15.7. The van der Waals surface area contributed by atoms with E-state index >= 15 is 0 Å². The molecule has 0 aliphatic carbocycles. The highest BCUT2D eigenvalue weighted by molar-refractivity contribution is 6.31. The van der Waals surface area contributed by atoms with Gasteiger partial charge < -0.3 is 19.8 Å². The van der Waals surface area contributed by atoms with Crippen LogP contribution >= 0.6 is 11.6 Å². The zero-order valence-corrected chi connectivity index (χ0v) is 16.5. The number of hydrogen-bond donors (Lipinski definition) is 1. The maximum Gasteiger partial charge on any atom is 0.258 e. The summed E-state index contributed by atoms with van der Waals surface area (Å²) >= 11 is 6.28. The summed E-state index contributed by atoms with van der Waals surface area (Å²) in [6, 6.07) is 7.85. The van der Waals surface area contributed by atoms with Gasteiger partial charge in [0.2, 0.25) is 5.88 Å². The Labute approximate surface area is 171 Å². The number of nitriles is 1. The summed E-state index contributed by atoms with van der Waals surface area (Å²) in [4.78, 5) is 13.5. The molecule has 150 valence electrons. The Hall–Kier alpha value is -2.82. The lowest BCUT2D eigenvalue weighted by molar-refractivity contribution is 0.0954. The predicted octanol–water partition coefficient (Wildman–Crippen LogP) is 3.35. The SMILES string of the molecule is Cc1cc2c(c(=O)n1CC1CCCO1)C(c1c(F)cccc1Cl)C(C#N)=C(N)O2. The van der Waals surface area contributed by atoms with Crippen LogP contribution in [0.15, 0.2) is 40.5 Å². The van der Waals surface area contributed by atoms with Gasteiger partial charge in [0.05, 0.1) is 24.1 Å². The van der Waals surface area contributed by atoms with Crippen LogP contribution in [0.4, 0.5) is 4.39 Å². The highest BCUT2D eigenvalue weighted by Crippen LogP contribution is 2.43. The minimum absolute atomic E-state index is 0.0304. The number of nitrogens with two attached hydrogens (primary N) is 1. The van der Waals surface area contributed by atoms with Gasteiger partial charge >= 0.3 is 0 Å². The third-order valence-corrected chi connectivity index (χ3v) is 5.72. The predicted molar refractivity (Wildman–Crippen MR) is 105 cm³/mol. The first-order valence-electron chi connectivity index (χ1n) is 9.29. The Bertz CT molecular complexity index is 1090. The van der Waals surface area contributed by atoms with Crippen LogP contribution in [0.1, 0.15) is 35.6 Å². The fourth-order valence-corrected chi connectivity index (χ4v) is 4.25. The average Bonchev–Trinajstić information content (AvgIpc) is 3.18. The van der Waals surface area contributed by atoms with E-state index in [4.69, 9.17) is 26.8 Å². The number of hydrogen-bond acceptors (Lipinski definition) is 5. The van der Waals surface area contributed by atoms with Gasteiger partial charge in [-0.25, -0.2) is 4.39 Å². The summed E-state index contributed by atoms with van der Waals surface area (Å²) in [6.07, 6.45) is 1.73. The maximum absolute atomic E-state index is 14.8. The van der Waals surface area contributed by atoms with E-state index in [-0.39, 0.29) is 45.0 Å². The van der Waals surface area contributed by atoms with Crippen molar-refractivity contribution >= 4 is 11.6 Å². The number of aromatic nitrogens is 1. The molecule has 6 nitrogen and oxygen atoms in total. The van der Waals surface area contributed by atoms with Crippen molar-refractivity contribution in [2.24, 2.45) is 5.73 Å². The molecule has 2 unspecified atom stereocenters. The zero-order chi connectivity index (χ0) is 20.7. The van der Waals surface area contributed by atoms with Crippen molar-refractivity contribution in [2.75, 3.05) is 6.61 Å². The second-order valence-corrected chi connectivity index (χ2v) is 7.58. The number of ether oxygens (including phenoxy) is 2. The van der Waals surface area contributed by atoms with Gasteiger partial charge in [0.1, 0.15) is 23.2 Å². The standard InChI is InChI=1S/C21H19ClFN3O3/c1-11-8-16-19(21(27)26(11)10-12-4-3-7-28-12)17(13(9-24)20(25)29-16)18-14(22)5-2-6-15(18)23/h2,5-6,8,12,17H,3-4,7,10,25H2,1H3. The summed E-state index contributed by atoms with van der Waals surface area (Å²) in [7, 11) is 0. The van der Waals surface area contributed by atoms with E-state index < -0.39 is 11.7 Å². The Balaban J connectivity index is 1.95. The van der Waals surface area contributed by atoms with Crippen LogP contribution < -0.4 is 16.0 Å². The van der Waals surface area contributed by atoms with Crippen molar-refractivity contribution in [3.05, 3.63) is 73.7 Å². The molecule has 2 aliphatic rings. The van der Waals surface area contributed by atoms with Crippen LogP contribution in [0.25, 0.3) is 0 Å². The number of aryl methyl sites for hydroxylation is 1. The van der Waals surface area contributed by atoms with Crippen molar-refractivity contribution in [1.82, 2.24) is 4.57 Å². The van der Waals surface area contributed by atoms with Crippen LogP contribution in [0.5, 0.6) is 5.75 Å². The van der Waals surface area contributed by atoms with Gasteiger partial charge in [-0.15, -0.1) is 0 Å². The summed E-state index contributed by atoms with van der Waals surface area (Å²) in [5.41, 5.74) is 6.36. The lowest BCUT2D eigenvalue weighted by Crippen LogP contribution is -2.35. The fraction of sp³-hybridized carbons (Fsp3) is 0.333. The lowest BCUT2D eigenvalue weighted by atomic mass is 9.83. The van der Waals surface area contributed by atoms with E-state index in [1.165, 1.54) is 18.2 Å². The largest absolute Gasteiger partial charge is 0.440 e. The number of nitrogens with zero attached hydrogens (tertiary/aromatic N) is 2. The molecule has 0 bridgehead atoms. The van der Waals surface area contributed by atoms with Gasteiger partial charge in [-0.1, -0.05) is 17.7 Å². The lowest BCUT2D eigenvalue weighted by Gasteiger charge is -2.28. The molecule has 4 rings (SSSR count). The minimum atomic E-state index is -1.05. The third-order valence-electron chi connectivity index (χ3n) is 5.39. The summed E-state index contributed by atoms with van der Waals surface area (Å²) in [5.74, 6) is -1.64. The molecule has 1 aromatic carbocycles. The fourth-order valence-electron chi connectivity index (χ4n) is 3.98. The second kappa shape index (κ2) is 7.54. The van der Waals surface area contributed by atoms with E-state index in [0.717, 1.165) is 12.8 Å². The first-order valence-corrected chi connectivity index (χ1v) is 9.67. The topological polar surface area (TPSA) is 90.3 Å². The Morgan fingerprint density at radius 3 is 2.86 bits per heavy atom. The Morgan fingerprint density at radius 1 is 1.41 bits per heavy atom. The number of halogens is 2. The van der Waals surface area contributed by atoms with Crippen molar-refractivity contribution in [3.8, 4) is 11.8 Å². The van der Waals surface area contributed by atoms with Crippen LogP contribution in [-0.2, 0) is 11.3 Å². The molecule has 1 aromatic heterocycles. The van der Waals surface area contributed by atoms with Gasteiger partial charge in [-0.05, 0) is 31.9 Å². The van der Waals surface area contributed by atoms with Crippen LogP contribution in [0.3, 0.4) is 0 Å². The van der Waals surface area contributed by atoms with Crippen molar-refractivity contribution in [1.29, 1.82) is 5.26 Å². The molecular formula is C21H19ClFN3O3. The molecule has 2 aromatic rings. The van der Waals surface area contributed by atoms with Crippen LogP contribution in [-0.4, -0.2) is 17.3 Å². The molecule has 0 spiro atoms. The molecular weight excluding hydrogens is 397 g/mol. The molecule has 2 N–H and O–H groups in total.